The maximum absolute atomic E-state index is 12.4. The maximum Gasteiger partial charge on any atom is 0.251 e. The van der Waals surface area contributed by atoms with E-state index < -0.39 is 0 Å². The summed E-state index contributed by atoms with van der Waals surface area (Å²) in [6.45, 7) is 7.48. The molecule has 9 nitrogen and oxygen atoms in total. The van der Waals surface area contributed by atoms with Gasteiger partial charge in [-0.15, -0.1) is 0 Å². The number of aromatic nitrogens is 3. The van der Waals surface area contributed by atoms with Crippen LogP contribution in [0.4, 0.5) is 5.69 Å². The highest BCUT2D eigenvalue weighted by atomic mass is 16.5. The minimum absolute atomic E-state index is 0.156. The van der Waals surface area contributed by atoms with E-state index in [2.05, 4.69) is 20.9 Å². The van der Waals surface area contributed by atoms with Crippen molar-refractivity contribution in [3.8, 4) is 5.75 Å². The molecule has 0 aliphatic carbocycles. The van der Waals surface area contributed by atoms with Crippen LogP contribution in [-0.4, -0.2) is 33.3 Å². The van der Waals surface area contributed by atoms with Gasteiger partial charge in [-0.3, -0.25) is 14.3 Å². The van der Waals surface area contributed by atoms with E-state index in [1.807, 2.05) is 27.7 Å². The lowest BCUT2D eigenvalue weighted by Crippen LogP contribution is -2.33. The Morgan fingerprint density at radius 1 is 1.17 bits per heavy atom. The van der Waals surface area contributed by atoms with Crippen LogP contribution in [0.15, 0.2) is 28.8 Å². The average molecular weight is 411 g/mol. The smallest absolute Gasteiger partial charge is 0.251 e. The normalized spacial score (nSPS) is 10.7. The highest BCUT2D eigenvalue weighted by Gasteiger charge is 2.14. The summed E-state index contributed by atoms with van der Waals surface area (Å²) >= 11 is 0. The number of benzene rings is 1. The van der Waals surface area contributed by atoms with Crippen molar-refractivity contribution in [1.82, 2.24) is 20.3 Å². The second-order valence-electron chi connectivity index (χ2n) is 7.02. The molecule has 2 N–H and O–H groups in total. The average Bonchev–Trinajstić information content (AvgIpc) is 3.17. The number of aryl methyl sites for hydroxylation is 4. The van der Waals surface area contributed by atoms with Crippen LogP contribution in [0.2, 0.25) is 0 Å². The zero-order valence-corrected chi connectivity index (χ0v) is 17.7. The molecule has 0 saturated heterocycles. The standard InChI is InChI=1S/C21H25N5O4/c1-12-18(15(4)30-25-12)11-29-17-8-6-7-16(9-17)21(28)22-10-19(27)23-20-13(2)24-26(5)14(20)3/h6-9H,10-11H2,1-5H3,(H,22,28)(H,23,27). The second-order valence-corrected chi connectivity index (χ2v) is 7.02. The van der Waals surface area contributed by atoms with Crippen molar-refractivity contribution in [1.29, 1.82) is 0 Å². The van der Waals surface area contributed by atoms with Gasteiger partial charge in [0.15, 0.2) is 0 Å². The number of ether oxygens (including phenoxy) is 1. The third kappa shape index (κ3) is 4.68. The topological polar surface area (TPSA) is 111 Å². The third-order valence-electron chi connectivity index (χ3n) is 4.84. The number of carbonyl (C=O) groups excluding carboxylic acids is 2. The second kappa shape index (κ2) is 8.81. The third-order valence-corrected chi connectivity index (χ3v) is 4.84. The van der Waals surface area contributed by atoms with Crippen LogP contribution in [0.5, 0.6) is 5.75 Å². The van der Waals surface area contributed by atoms with Gasteiger partial charge in [0.1, 0.15) is 18.1 Å². The van der Waals surface area contributed by atoms with E-state index in [4.69, 9.17) is 9.26 Å². The Morgan fingerprint density at radius 2 is 1.93 bits per heavy atom. The van der Waals surface area contributed by atoms with Crippen molar-refractivity contribution in [2.75, 3.05) is 11.9 Å². The first kappa shape index (κ1) is 21.1. The number of nitrogens with zero attached hydrogens (tertiary/aromatic N) is 3. The van der Waals surface area contributed by atoms with E-state index in [1.165, 1.54) is 0 Å². The molecule has 9 heteroatoms. The van der Waals surface area contributed by atoms with Gasteiger partial charge in [0, 0.05) is 12.6 Å². The number of amides is 2. The van der Waals surface area contributed by atoms with Crippen molar-refractivity contribution in [2.24, 2.45) is 7.05 Å². The van der Waals surface area contributed by atoms with Crippen LogP contribution in [0.3, 0.4) is 0 Å². The minimum atomic E-state index is -0.368. The van der Waals surface area contributed by atoms with Gasteiger partial charge in [0.05, 0.1) is 34.9 Å². The van der Waals surface area contributed by atoms with Crippen LogP contribution in [0, 0.1) is 27.7 Å². The van der Waals surface area contributed by atoms with E-state index in [-0.39, 0.29) is 18.4 Å². The fraction of sp³-hybridized carbons (Fsp3) is 0.333. The van der Waals surface area contributed by atoms with E-state index in [0.717, 1.165) is 22.6 Å². The minimum Gasteiger partial charge on any atom is -0.489 e. The molecule has 2 amide bonds. The summed E-state index contributed by atoms with van der Waals surface area (Å²) < 4.78 is 12.6. The van der Waals surface area contributed by atoms with Gasteiger partial charge in [0.2, 0.25) is 5.91 Å². The Morgan fingerprint density at radius 3 is 2.57 bits per heavy atom. The van der Waals surface area contributed by atoms with E-state index in [9.17, 15) is 9.59 Å². The summed E-state index contributed by atoms with van der Waals surface area (Å²) in [5.74, 6) is 0.543. The van der Waals surface area contributed by atoms with Gasteiger partial charge in [-0.05, 0) is 45.9 Å². The molecule has 0 atom stereocenters. The lowest BCUT2D eigenvalue weighted by Gasteiger charge is -2.09. The molecule has 0 fully saturated rings. The number of hydrogen-bond donors (Lipinski definition) is 2. The molecule has 0 spiro atoms. The first-order chi connectivity index (χ1) is 14.3. The maximum atomic E-state index is 12.4. The summed E-state index contributed by atoms with van der Waals surface area (Å²) in [5.41, 5.74) is 4.27. The zero-order chi connectivity index (χ0) is 21.8. The van der Waals surface area contributed by atoms with Crippen molar-refractivity contribution < 1.29 is 18.8 Å². The zero-order valence-electron chi connectivity index (χ0n) is 17.7. The Balaban J connectivity index is 1.56. The van der Waals surface area contributed by atoms with Crippen molar-refractivity contribution in [3.63, 3.8) is 0 Å². The molecular formula is C21H25N5O4. The number of carbonyl (C=O) groups is 2. The molecule has 0 radical (unpaired) electrons. The van der Waals surface area contributed by atoms with Crippen molar-refractivity contribution in [3.05, 3.63) is 58.2 Å². The first-order valence-corrected chi connectivity index (χ1v) is 9.49. The summed E-state index contributed by atoms with van der Waals surface area (Å²) in [6.07, 6.45) is 0. The molecule has 3 rings (SSSR count). The Labute approximate surface area is 174 Å². The summed E-state index contributed by atoms with van der Waals surface area (Å²) in [4.78, 5) is 24.7. The number of rotatable bonds is 7. The monoisotopic (exact) mass is 411 g/mol. The molecule has 0 aliphatic heterocycles. The molecule has 1 aromatic carbocycles. The number of hydrogen-bond acceptors (Lipinski definition) is 6. The van der Waals surface area contributed by atoms with E-state index in [1.54, 1.807) is 36.0 Å². The summed E-state index contributed by atoms with van der Waals surface area (Å²) in [7, 11) is 1.81. The molecule has 0 bridgehead atoms. The number of nitrogens with one attached hydrogen (secondary N) is 2. The Bertz CT molecular complexity index is 1060. The molecule has 30 heavy (non-hydrogen) atoms. The lowest BCUT2D eigenvalue weighted by atomic mass is 10.2. The van der Waals surface area contributed by atoms with Crippen LogP contribution >= 0.6 is 0 Å². The predicted molar refractivity (Wildman–Crippen MR) is 110 cm³/mol. The van der Waals surface area contributed by atoms with Gasteiger partial charge in [-0.25, -0.2) is 0 Å². The predicted octanol–water partition coefficient (Wildman–Crippen LogP) is 2.59. The van der Waals surface area contributed by atoms with Crippen LogP contribution in [0.1, 0.15) is 38.8 Å². The van der Waals surface area contributed by atoms with E-state index in [0.29, 0.717) is 29.4 Å². The Kier molecular flexibility index (Phi) is 6.20. The highest BCUT2D eigenvalue weighted by molar-refractivity contribution is 5.99. The van der Waals surface area contributed by atoms with Gasteiger partial charge >= 0.3 is 0 Å². The van der Waals surface area contributed by atoms with E-state index >= 15 is 0 Å². The molecule has 158 valence electrons. The lowest BCUT2D eigenvalue weighted by molar-refractivity contribution is -0.115. The first-order valence-electron chi connectivity index (χ1n) is 9.49. The van der Waals surface area contributed by atoms with Crippen LogP contribution in [0.25, 0.3) is 0 Å². The van der Waals surface area contributed by atoms with Gasteiger partial charge in [-0.2, -0.15) is 5.10 Å². The van der Waals surface area contributed by atoms with Gasteiger partial charge in [0.25, 0.3) is 5.91 Å². The van der Waals surface area contributed by atoms with Gasteiger partial charge < -0.3 is 19.9 Å². The quantitative estimate of drug-likeness (QED) is 0.618. The van der Waals surface area contributed by atoms with Crippen molar-refractivity contribution >= 4 is 17.5 Å². The Hall–Kier alpha value is -3.62. The van der Waals surface area contributed by atoms with Gasteiger partial charge in [-0.1, -0.05) is 11.2 Å². The SMILES string of the molecule is Cc1noc(C)c1COc1cccc(C(=O)NCC(=O)Nc2c(C)nn(C)c2C)c1. The van der Waals surface area contributed by atoms with Crippen LogP contribution < -0.4 is 15.4 Å². The fourth-order valence-electron chi connectivity index (χ4n) is 2.99. The fourth-order valence-corrected chi connectivity index (χ4v) is 2.99. The molecule has 3 aromatic rings. The molecular weight excluding hydrogens is 386 g/mol. The molecule has 0 unspecified atom stereocenters. The highest BCUT2D eigenvalue weighted by Crippen LogP contribution is 2.19. The molecule has 2 heterocycles. The summed E-state index contributed by atoms with van der Waals surface area (Å²) in [6, 6.07) is 6.77. The molecule has 2 aromatic heterocycles. The number of anilines is 1. The largest absolute Gasteiger partial charge is 0.489 e. The molecule has 0 aliphatic rings. The van der Waals surface area contributed by atoms with Crippen LogP contribution in [-0.2, 0) is 18.4 Å². The summed E-state index contributed by atoms with van der Waals surface area (Å²) in [5, 5.41) is 13.6. The van der Waals surface area contributed by atoms with Crippen molar-refractivity contribution in [2.45, 2.75) is 34.3 Å². The molecule has 0 saturated carbocycles.